The van der Waals surface area contributed by atoms with Crippen LogP contribution in [0.25, 0.3) is 21.9 Å². The maximum atomic E-state index is 13.5. The largest absolute Gasteiger partial charge is 0.497 e. The van der Waals surface area contributed by atoms with Gasteiger partial charge < -0.3 is 9.47 Å². The Morgan fingerprint density at radius 3 is 2.43 bits per heavy atom. The Morgan fingerprint density at radius 2 is 1.81 bits per heavy atom. The molecule has 1 aliphatic rings. The number of ether oxygens (including phenoxy) is 2. The standard InChI is InChI=1S/C27H26F3N3O4/c1-36-19-10-11-20-21(16-19)23(18-8-4-2-5-9-18)22(17-31)33(24(20)34)15-14-32-26(12-6-3-7-13-26)37-25(35)27(28,29)30/h2,4-5,8-11,16,32H,3,6-7,12-15H2,1H3. The van der Waals surface area contributed by atoms with Crippen LogP contribution in [0.3, 0.4) is 0 Å². The van der Waals surface area contributed by atoms with Crippen molar-refractivity contribution in [2.75, 3.05) is 13.7 Å². The van der Waals surface area contributed by atoms with Gasteiger partial charge in [0.25, 0.3) is 5.56 Å². The number of carbonyl (C=O) groups is 1. The molecule has 0 unspecified atom stereocenters. The molecule has 0 amide bonds. The fraction of sp³-hybridized carbons (Fsp3) is 0.370. The minimum atomic E-state index is -5.11. The lowest BCUT2D eigenvalue weighted by molar-refractivity contribution is -0.220. The monoisotopic (exact) mass is 513 g/mol. The summed E-state index contributed by atoms with van der Waals surface area (Å²) >= 11 is 0. The van der Waals surface area contributed by atoms with Gasteiger partial charge in [0, 0.05) is 42.3 Å². The van der Waals surface area contributed by atoms with Crippen molar-refractivity contribution in [3.8, 4) is 22.9 Å². The minimum absolute atomic E-state index is 0.00954. The lowest BCUT2D eigenvalue weighted by Crippen LogP contribution is -2.53. The van der Waals surface area contributed by atoms with Gasteiger partial charge in [-0.05, 0) is 36.6 Å². The molecule has 3 aromatic rings. The Labute approximate surface area is 211 Å². The van der Waals surface area contributed by atoms with Crippen LogP contribution in [0.1, 0.15) is 37.8 Å². The third kappa shape index (κ3) is 5.47. The number of carbonyl (C=O) groups excluding carboxylic acids is 1. The number of rotatable bonds is 7. The number of pyridine rings is 1. The van der Waals surface area contributed by atoms with Gasteiger partial charge in [-0.25, -0.2) is 4.79 Å². The van der Waals surface area contributed by atoms with Crippen molar-refractivity contribution < 1.29 is 27.4 Å². The van der Waals surface area contributed by atoms with Crippen LogP contribution in [0.15, 0.2) is 53.3 Å². The number of nitrogens with one attached hydrogen (secondary N) is 1. The molecular weight excluding hydrogens is 487 g/mol. The van der Waals surface area contributed by atoms with Crippen LogP contribution in [0.4, 0.5) is 13.2 Å². The zero-order valence-corrected chi connectivity index (χ0v) is 20.2. The second kappa shape index (κ2) is 10.6. The minimum Gasteiger partial charge on any atom is -0.497 e. The lowest BCUT2D eigenvalue weighted by Gasteiger charge is -2.37. The molecule has 0 spiro atoms. The second-order valence-electron chi connectivity index (χ2n) is 8.94. The average molecular weight is 514 g/mol. The van der Waals surface area contributed by atoms with Crippen LogP contribution in [0, 0.1) is 11.3 Å². The molecule has 7 nitrogen and oxygen atoms in total. The van der Waals surface area contributed by atoms with Crippen LogP contribution in [-0.4, -0.2) is 36.1 Å². The number of esters is 1. The van der Waals surface area contributed by atoms with E-state index in [1.807, 2.05) is 30.3 Å². The molecule has 194 valence electrons. The molecule has 1 aromatic heterocycles. The van der Waals surface area contributed by atoms with Gasteiger partial charge in [0.1, 0.15) is 17.5 Å². The summed E-state index contributed by atoms with van der Waals surface area (Å²) in [5, 5.41) is 14.0. The van der Waals surface area contributed by atoms with Gasteiger partial charge in [-0.2, -0.15) is 18.4 Å². The fourth-order valence-electron chi connectivity index (χ4n) is 4.85. The molecule has 0 radical (unpaired) electrons. The van der Waals surface area contributed by atoms with E-state index < -0.39 is 23.4 Å². The molecule has 1 saturated carbocycles. The van der Waals surface area contributed by atoms with Crippen LogP contribution in [0.2, 0.25) is 0 Å². The Morgan fingerprint density at radius 1 is 1.11 bits per heavy atom. The molecule has 4 rings (SSSR count). The third-order valence-electron chi connectivity index (χ3n) is 6.61. The van der Waals surface area contributed by atoms with E-state index in [9.17, 15) is 28.0 Å². The van der Waals surface area contributed by atoms with Gasteiger partial charge in [-0.15, -0.1) is 0 Å². The van der Waals surface area contributed by atoms with Crippen LogP contribution >= 0.6 is 0 Å². The van der Waals surface area contributed by atoms with E-state index >= 15 is 0 Å². The number of hydrogen-bond acceptors (Lipinski definition) is 6. The highest BCUT2D eigenvalue weighted by Crippen LogP contribution is 2.34. The summed E-state index contributed by atoms with van der Waals surface area (Å²) in [6, 6.07) is 16.3. The number of methoxy groups -OCH3 is 1. The van der Waals surface area contributed by atoms with Crippen molar-refractivity contribution >= 4 is 16.7 Å². The number of nitrogens with zero attached hydrogens (tertiary/aromatic N) is 2. The number of fused-ring (bicyclic) bond motifs is 1. The van der Waals surface area contributed by atoms with Crippen molar-refractivity contribution in [3.63, 3.8) is 0 Å². The van der Waals surface area contributed by atoms with E-state index in [0.717, 1.165) is 12.0 Å². The Bertz CT molecular complexity index is 1390. The van der Waals surface area contributed by atoms with Gasteiger partial charge in [-0.1, -0.05) is 36.8 Å². The Balaban J connectivity index is 1.73. The summed E-state index contributed by atoms with van der Waals surface area (Å²) in [4.78, 5) is 25.1. The molecular formula is C27H26F3N3O4. The predicted molar refractivity (Wildman–Crippen MR) is 131 cm³/mol. The topological polar surface area (TPSA) is 93.3 Å². The van der Waals surface area contributed by atoms with Gasteiger partial charge >= 0.3 is 12.1 Å². The molecule has 0 saturated heterocycles. The Kier molecular flexibility index (Phi) is 7.55. The number of hydrogen-bond donors (Lipinski definition) is 1. The fourth-order valence-corrected chi connectivity index (χ4v) is 4.85. The summed E-state index contributed by atoms with van der Waals surface area (Å²) < 4.78 is 50.3. The van der Waals surface area contributed by atoms with Crippen molar-refractivity contribution in [1.82, 2.24) is 9.88 Å². The van der Waals surface area contributed by atoms with Crippen molar-refractivity contribution in [3.05, 3.63) is 64.6 Å². The van der Waals surface area contributed by atoms with Crippen molar-refractivity contribution in [2.45, 2.75) is 50.6 Å². The summed E-state index contributed by atoms with van der Waals surface area (Å²) in [5.41, 5.74) is -0.507. The molecule has 0 atom stereocenters. The summed E-state index contributed by atoms with van der Waals surface area (Å²) in [7, 11) is 1.51. The number of nitriles is 1. The number of alkyl halides is 3. The van der Waals surface area contributed by atoms with Gasteiger partial charge in [0.15, 0.2) is 5.72 Å². The van der Waals surface area contributed by atoms with E-state index in [-0.39, 0.29) is 31.6 Å². The summed E-state index contributed by atoms with van der Waals surface area (Å²) in [5.74, 6) is -1.72. The third-order valence-corrected chi connectivity index (χ3v) is 6.61. The van der Waals surface area contributed by atoms with Gasteiger partial charge in [0.2, 0.25) is 0 Å². The smallest absolute Gasteiger partial charge is 0.490 e. The first-order chi connectivity index (χ1) is 17.7. The summed E-state index contributed by atoms with van der Waals surface area (Å²) in [6.07, 6.45) is -2.65. The van der Waals surface area contributed by atoms with Gasteiger partial charge in [-0.3, -0.25) is 14.7 Å². The van der Waals surface area contributed by atoms with Crippen molar-refractivity contribution in [2.24, 2.45) is 0 Å². The SMILES string of the molecule is COc1ccc2c(=O)n(CCNC3(OC(=O)C(F)(F)F)CCCCC3)c(C#N)c(-c3ccccc3)c2c1. The first kappa shape index (κ1) is 26.2. The van der Waals surface area contributed by atoms with E-state index in [2.05, 4.69) is 11.4 Å². The molecule has 1 heterocycles. The summed E-state index contributed by atoms with van der Waals surface area (Å²) in [6.45, 7) is -0.00946. The maximum Gasteiger partial charge on any atom is 0.490 e. The van der Waals surface area contributed by atoms with Gasteiger partial charge in [0.05, 0.1) is 7.11 Å². The molecule has 2 aromatic carbocycles. The van der Waals surface area contributed by atoms with Crippen LogP contribution in [-0.2, 0) is 16.1 Å². The zero-order chi connectivity index (χ0) is 26.6. The maximum absolute atomic E-state index is 13.5. The number of halogens is 3. The number of aromatic nitrogens is 1. The molecule has 1 aliphatic carbocycles. The highest BCUT2D eigenvalue weighted by atomic mass is 19.4. The first-order valence-corrected chi connectivity index (χ1v) is 11.9. The second-order valence-corrected chi connectivity index (χ2v) is 8.94. The molecule has 0 aliphatic heterocycles. The highest BCUT2D eigenvalue weighted by molar-refractivity contribution is 5.99. The van der Waals surface area contributed by atoms with E-state index in [1.165, 1.54) is 11.7 Å². The first-order valence-electron chi connectivity index (χ1n) is 11.9. The van der Waals surface area contributed by atoms with Crippen LogP contribution < -0.4 is 15.6 Å². The average Bonchev–Trinajstić information content (AvgIpc) is 2.89. The van der Waals surface area contributed by atoms with E-state index in [4.69, 9.17) is 9.47 Å². The zero-order valence-electron chi connectivity index (χ0n) is 20.2. The molecule has 1 fully saturated rings. The van der Waals surface area contributed by atoms with Crippen molar-refractivity contribution in [1.29, 1.82) is 5.26 Å². The predicted octanol–water partition coefficient (Wildman–Crippen LogP) is 4.90. The lowest BCUT2D eigenvalue weighted by atomic mass is 9.91. The molecule has 0 bridgehead atoms. The quantitative estimate of drug-likeness (QED) is 0.357. The number of benzene rings is 2. The Hall–Kier alpha value is -3.84. The van der Waals surface area contributed by atoms with E-state index in [1.54, 1.807) is 18.2 Å². The highest BCUT2D eigenvalue weighted by Gasteiger charge is 2.46. The molecule has 37 heavy (non-hydrogen) atoms. The molecule has 1 N–H and O–H groups in total. The van der Waals surface area contributed by atoms with E-state index in [0.29, 0.717) is 34.9 Å². The molecule has 10 heteroatoms. The van der Waals surface area contributed by atoms with Crippen LogP contribution in [0.5, 0.6) is 5.75 Å². The normalized spacial score (nSPS) is 15.2.